The Hall–Kier alpha value is -0.990. The highest BCUT2D eigenvalue weighted by Crippen LogP contribution is 2.15. The molecule has 2 rings (SSSR count). The van der Waals surface area contributed by atoms with Crippen molar-refractivity contribution in [2.24, 2.45) is 0 Å². The van der Waals surface area contributed by atoms with E-state index in [-0.39, 0.29) is 0 Å². The van der Waals surface area contributed by atoms with Gasteiger partial charge >= 0.3 is 0 Å². The van der Waals surface area contributed by atoms with Crippen LogP contribution < -0.4 is 0 Å². The molecule has 0 saturated carbocycles. The van der Waals surface area contributed by atoms with Crippen LogP contribution in [-0.2, 0) is 16.6 Å². The van der Waals surface area contributed by atoms with Gasteiger partial charge in [0.15, 0.2) is 5.82 Å². The summed E-state index contributed by atoms with van der Waals surface area (Å²) < 4.78 is 32.7. The van der Waals surface area contributed by atoms with Crippen molar-refractivity contribution in [2.45, 2.75) is 39.0 Å². The highest BCUT2D eigenvalue weighted by molar-refractivity contribution is 7.86. The fraction of sp³-hybridized carbons (Fsp3) is 0.833. The molecule has 1 aromatic heterocycles. The van der Waals surface area contributed by atoms with Gasteiger partial charge in [0, 0.05) is 40.0 Å². The minimum absolute atomic E-state index is 0.359. The van der Waals surface area contributed by atoms with E-state index in [1.54, 1.807) is 18.3 Å². The van der Waals surface area contributed by atoms with E-state index in [1.165, 1.54) is 4.31 Å². The fourth-order valence-electron chi connectivity index (χ4n) is 2.29. The molecule has 7 nitrogen and oxygen atoms in total. The Morgan fingerprint density at radius 1 is 1.25 bits per heavy atom. The third-order valence-corrected chi connectivity index (χ3v) is 5.49. The van der Waals surface area contributed by atoms with Crippen LogP contribution in [-0.4, -0.2) is 53.9 Å². The van der Waals surface area contributed by atoms with E-state index in [0.29, 0.717) is 37.8 Å². The van der Waals surface area contributed by atoms with Crippen LogP contribution >= 0.6 is 0 Å². The maximum absolute atomic E-state index is 12.5. The van der Waals surface area contributed by atoms with Crippen LogP contribution in [0.2, 0.25) is 0 Å². The Morgan fingerprint density at radius 3 is 2.45 bits per heavy atom. The maximum atomic E-state index is 12.5. The van der Waals surface area contributed by atoms with E-state index >= 15 is 0 Å². The van der Waals surface area contributed by atoms with E-state index in [0.717, 1.165) is 25.7 Å². The van der Waals surface area contributed by atoms with Gasteiger partial charge in [0.05, 0.1) is 0 Å². The summed E-state index contributed by atoms with van der Waals surface area (Å²) in [6.07, 6.45) is 4.56. The molecule has 20 heavy (non-hydrogen) atoms. The molecule has 0 amide bonds. The zero-order chi connectivity index (χ0) is 14.6. The van der Waals surface area contributed by atoms with Crippen LogP contribution in [0.4, 0.5) is 0 Å². The second-order valence-electron chi connectivity index (χ2n) is 5.12. The second-order valence-corrected chi connectivity index (χ2v) is 7.16. The van der Waals surface area contributed by atoms with E-state index in [2.05, 4.69) is 10.1 Å². The molecule has 0 N–H and O–H groups in total. The lowest BCUT2D eigenvalue weighted by Gasteiger charge is -2.26. The summed E-state index contributed by atoms with van der Waals surface area (Å²) in [6, 6.07) is 0. The number of nitrogens with zero attached hydrogens (tertiary/aromatic N) is 4. The summed E-state index contributed by atoms with van der Waals surface area (Å²) >= 11 is 0. The molecule has 0 aromatic carbocycles. The molecule has 2 heterocycles. The van der Waals surface area contributed by atoms with Gasteiger partial charge in [-0.1, -0.05) is 18.0 Å². The van der Waals surface area contributed by atoms with E-state index in [4.69, 9.17) is 4.52 Å². The van der Waals surface area contributed by atoms with Crippen molar-refractivity contribution in [2.75, 3.05) is 26.7 Å². The molecule has 1 aliphatic heterocycles. The van der Waals surface area contributed by atoms with Crippen molar-refractivity contribution in [3.05, 3.63) is 11.7 Å². The molecular formula is C12H22N4O3S. The van der Waals surface area contributed by atoms with Gasteiger partial charge in [-0.3, -0.25) is 0 Å². The normalized spacial score (nSPS) is 18.4. The number of rotatable bonds is 5. The molecular weight excluding hydrogens is 280 g/mol. The van der Waals surface area contributed by atoms with Gasteiger partial charge in [0.25, 0.3) is 10.2 Å². The first-order chi connectivity index (χ1) is 9.50. The average Bonchev–Trinajstić information content (AvgIpc) is 2.68. The average molecular weight is 302 g/mol. The molecule has 1 fully saturated rings. The topological polar surface area (TPSA) is 79.5 Å². The molecule has 114 valence electrons. The molecule has 0 aliphatic carbocycles. The van der Waals surface area contributed by atoms with Crippen LogP contribution in [0.15, 0.2) is 4.52 Å². The van der Waals surface area contributed by atoms with Crippen molar-refractivity contribution in [3.8, 4) is 0 Å². The molecule has 0 spiro atoms. The summed E-state index contributed by atoms with van der Waals surface area (Å²) in [6.45, 7) is 3.31. The molecule has 1 aliphatic rings. The standard InChI is InChI=1S/C12H22N4O3S/c1-11-13-12(14-19-11)7-10-15(2)20(17,18)16-8-5-3-4-6-9-16/h3-10H2,1-2H3. The van der Waals surface area contributed by atoms with Crippen molar-refractivity contribution in [3.63, 3.8) is 0 Å². The lowest BCUT2D eigenvalue weighted by molar-refractivity contribution is 0.361. The summed E-state index contributed by atoms with van der Waals surface area (Å²) in [5, 5.41) is 3.78. The van der Waals surface area contributed by atoms with Gasteiger partial charge < -0.3 is 4.52 Å². The van der Waals surface area contributed by atoms with Crippen molar-refractivity contribution in [1.82, 2.24) is 18.8 Å². The minimum Gasteiger partial charge on any atom is -0.340 e. The smallest absolute Gasteiger partial charge is 0.281 e. The Morgan fingerprint density at radius 2 is 1.90 bits per heavy atom. The number of hydrogen-bond acceptors (Lipinski definition) is 5. The number of aryl methyl sites for hydroxylation is 1. The summed E-state index contributed by atoms with van der Waals surface area (Å²) in [5.74, 6) is 1.04. The SMILES string of the molecule is Cc1nc(CCN(C)S(=O)(=O)N2CCCCCC2)no1. The van der Waals surface area contributed by atoms with E-state index in [9.17, 15) is 8.42 Å². The first-order valence-corrected chi connectivity index (χ1v) is 8.40. The fourth-order valence-corrected chi connectivity index (χ4v) is 3.72. The Labute approximate surface area is 120 Å². The first kappa shape index (κ1) is 15.4. The molecule has 1 aromatic rings. The third-order valence-electron chi connectivity index (χ3n) is 3.51. The van der Waals surface area contributed by atoms with Gasteiger partial charge in [0.1, 0.15) is 0 Å². The van der Waals surface area contributed by atoms with Gasteiger partial charge in [-0.15, -0.1) is 0 Å². The van der Waals surface area contributed by atoms with Gasteiger partial charge in [-0.25, -0.2) is 0 Å². The largest absolute Gasteiger partial charge is 0.340 e. The number of hydrogen-bond donors (Lipinski definition) is 0. The first-order valence-electron chi connectivity index (χ1n) is 7.01. The van der Waals surface area contributed by atoms with Crippen LogP contribution in [0.1, 0.15) is 37.4 Å². The lowest BCUT2D eigenvalue weighted by atomic mass is 10.2. The van der Waals surface area contributed by atoms with Crippen molar-refractivity contribution < 1.29 is 12.9 Å². The summed E-state index contributed by atoms with van der Waals surface area (Å²) in [7, 11) is -1.76. The molecule has 0 atom stereocenters. The maximum Gasteiger partial charge on any atom is 0.281 e. The summed E-state index contributed by atoms with van der Waals surface area (Å²) in [4.78, 5) is 4.08. The van der Waals surface area contributed by atoms with Crippen molar-refractivity contribution in [1.29, 1.82) is 0 Å². The Bertz CT molecular complexity index is 521. The van der Waals surface area contributed by atoms with E-state index < -0.39 is 10.2 Å². The third kappa shape index (κ3) is 3.77. The quantitative estimate of drug-likeness (QED) is 0.810. The molecule has 0 bridgehead atoms. The Balaban J connectivity index is 1.93. The van der Waals surface area contributed by atoms with Crippen LogP contribution in [0.5, 0.6) is 0 Å². The van der Waals surface area contributed by atoms with E-state index in [1.807, 2.05) is 0 Å². The molecule has 1 saturated heterocycles. The van der Waals surface area contributed by atoms with Crippen molar-refractivity contribution >= 4 is 10.2 Å². The monoisotopic (exact) mass is 302 g/mol. The minimum atomic E-state index is -3.37. The van der Waals surface area contributed by atoms with Gasteiger partial charge in [-0.2, -0.15) is 22.0 Å². The van der Waals surface area contributed by atoms with Crippen LogP contribution in [0.3, 0.4) is 0 Å². The van der Waals surface area contributed by atoms with Gasteiger partial charge in [-0.05, 0) is 12.8 Å². The van der Waals surface area contributed by atoms with Gasteiger partial charge in [0.2, 0.25) is 5.89 Å². The highest BCUT2D eigenvalue weighted by Gasteiger charge is 2.27. The Kier molecular flexibility index (Phi) is 5.11. The zero-order valence-electron chi connectivity index (χ0n) is 12.1. The number of likely N-dealkylation sites (N-methyl/N-ethyl adjacent to an activating group) is 1. The van der Waals surface area contributed by atoms with Crippen LogP contribution in [0, 0.1) is 6.92 Å². The molecule has 0 radical (unpaired) electrons. The predicted octanol–water partition coefficient (Wildman–Crippen LogP) is 0.973. The highest BCUT2D eigenvalue weighted by atomic mass is 32.2. The molecule has 0 unspecified atom stereocenters. The predicted molar refractivity (Wildman–Crippen MR) is 74.3 cm³/mol. The molecule has 8 heteroatoms. The lowest BCUT2D eigenvalue weighted by Crippen LogP contribution is -2.43. The van der Waals surface area contributed by atoms with Crippen LogP contribution in [0.25, 0.3) is 0 Å². The number of aromatic nitrogens is 2. The zero-order valence-corrected chi connectivity index (χ0v) is 12.9. The second kappa shape index (κ2) is 6.64. The summed E-state index contributed by atoms with van der Waals surface area (Å²) in [5.41, 5.74) is 0.